The number of rotatable bonds is 17. The minimum atomic E-state index is -3.08. The summed E-state index contributed by atoms with van der Waals surface area (Å²) in [5.74, 6) is 10.3. The zero-order valence-corrected chi connectivity index (χ0v) is 51.9. The molecule has 8 saturated carbocycles. The molecule has 0 bridgehead atoms. The predicted molar refractivity (Wildman–Crippen MR) is 308 cm³/mol. The second-order valence-corrected chi connectivity index (χ2v) is 29.9. The normalized spacial score (nSPS) is 42.5. The van der Waals surface area contributed by atoms with Crippen LogP contribution in [-0.4, -0.2) is 49.8 Å². The number of aldehydes is 1. The summed E-state index contributed by atoms with van der Waals surface area (Å²) in [5, 5.41) is 17.1. The molecule has 0 unspecified atom stereocenters. The van der Waals surface area contributed by atoms with Gasteiger partial charge >= 0.3 is 19.5 Å². The number of allylic oxidation sites excluding steroid dienone is 2. The van der Waals surface area contributed by atoms with Gasteiger partial charge in [0, 0.05) is 38.2 Å². The molecular weight excluding hydrogens is 980 g/mol. The summed E-state index contributed by atoms with van der Waals surface area (Å²) >= 11 is 0. The Balaban J connectivity index is 0.000000210. The van der Waals surface area contributed by atoms with Gasteiger partial charge in [0.2, 0.25) is 0 Å². The van der Waals surface area contributed by atoms with E-state index < -0.39 is 7.60 Å². The first-order valence-corrected chi connectivity index (χ1v) is 33.3. The summed E-state index contributed by atoms with van der Waals surface area (Å²) in [4.78, 5) is 35.8. The molecule has 0 N–H and O–H groups in total. The minimum Gasteiger partial charge on any atom is -0.462 e. The molecule has 77 heavy (non-hydrogen) atoms. The molecule has 0 heterocycles. The topological polar surface area (TPSA) is 153 Å². The van der Waals surface area contributed by atoms with E-state index >= 15 is 0 Å². The second kappa shape index (κ2) is 27.0. The van der Waals surface area contributed by atoms with Crippen molar-refractivity contribution in [3.05, 3.63) is 12.2 Å². The fourth-order valence-electron chi connectivity index (χ4n) is 20.8. The molecule has 0 spiro atoms. The van der Waals surface area contributed by atoms with Crippen molar-refractivity contribution < 1.29 is 37.5 Å². The molecule has 0 aromatic carbocycles. The summed E-state index contributed by atoms with van der Waals surface area (Å²) < 4.78 is 33.7. The monoisotopic (exact) mass is 1090 g/mol. The van der Waals surface area contributed by atoms with Gasteiger partial charge in [0.15, 0.2) is 0 Å². The van der Waals surface area contributed by atoms with Gasteiger partial charge in [0.05, 0.1) is 25.4 Å². The van der Waals surface area contributed by atoms with Gasteiger partial charge < -0.3 is 23.3 Å². The molecule has 10 nitrogen and oxygen atoms in total. The van der Waals surface area contributed by atoms with Crippen molar-refractivity contribution in [2.75, 3.05) is 19.4 Å². The molecule has 0 saturated heterocycles. The fraction of sp³-hybridized carbons (Fsp3) is 0.894. The molecule has 8 rings (SSSR count). The quantitative estimate of drug-likeness (QED) is 0.0595. The van der Waals surface area contributed by atoms with Crippen LogP contribution in [0.3, 0.4) is 0 Å². The fourth-order valence-corrected chi connectivity index (χ4v) is 22.0. The second-order valence-electron chi connectivity index (χ2n) is 27.9. The van der Waals surface area contributed by atoms with Crippen LogP contribution in [0.1, 0.15) is 225 Å². The number of hydrogen-bond donors (Lipinski definition) is 0. The highest BCUT2D eigenvalue weighted by Crippen LogP contribution is 2.72. The summed E-state index contributed by atoms with van der Waals surface area (Å²) in [6.45, 7) is 32.1. The average Bonchev–Trinajstić information content (AvgIpc) is 4.10. The third kappa shape index (κ3) is 13.1. The Labute approximate surface area is 469 Å². The van der Waals surface area contributed by atoms with E-state index in [-0.39, 0.29) is 30.3 Å². The first-order valence-electron chi connectivity index (χ1n) is 31.6. The summed E-state index contributed by atoms with van der Waals surface area (Å²) in [6.07, 6.45) is 29.4. The van der Waals surface area contributed by atoms with Crippen molar-refractivity contribution >= 4 is 25.8 Å². The lowest BCUT2D eigenvalue weighted by atomic mass is 9.41. The third-order valence-electron chi connectivity index (χ3n) is 24.1. The van der Waals surface area contributed by atoms with Crippen LogP contribution in [0.4, 0.5) is 0 Å². The van der Waals surface area contributed by atoms with Crippen LogP contribution in [-0.2, 0) is 37.5 Å². The van der Waals surface area contributed by atoms with E-state index in [0.29, 0.717) is 118 Å². The van der Waals surface area contributed by atoms with Gasteiger partial charge in [-0.15, -0.1) is 0 Å². The van der Waals surface area contributed by atoms with E-state index in [4.69, 9.17) is 29.0 Å². The summed E-state index contributed by atoms with van der Waals surface area (Å²) in [5.41, 5.74) is 1.48. The maximum Gasteiger partial charge on any atom is 0.344 e. The van der Waals surface area contributed by atoms with Crippen LogP contribution in [0.15, 0.2) is 12.2 Å². The van der Waals surface area contributed by atoms with E-state index in [2.05, 4.69) is 75.3 Å². The van der Waals surface area contributed by atoms with Gasteiger partial charge in [-0.05, 0) is 228 Å². The zero-order chi connectivity index (χ0) is 56.7. The average molecular weight is 1090 g/mol. The number of ether oxygens (including phenoxy) is 2. The Morgan fingerprint density at radius 1 is 0.610 bits per heavy atom. The molecule has 22 atom stereocenters. The van der Waals surface area contributed by atoms with Crippen molar-refractivity contribution in [3.63, 3.8) is 0 Å². The largest absolute Gasteiger partial charge is 0.462 e. The van der Waals surface area contributed by atoms with Crippen molar-refractivity contribution in [1.29, 1.82) is 10.5 Å². The molecule has 0 radical (unpaired) electrons. The number of nitriles is 2. The lowest BCUT2D eigenvalue weighted by molar-refractivity contribution is -0.214. The lowest BCUT2D eigenvalue weighted by Crippen LogP contribution is -2.62. The van der Waals surface area contributed by atoms with E-state index in [1.807, 2.05) is 6.08 Å². The van der Waals surface area contributed by atoms with Gasteiger partial charge in [0.1, 0.15) is 24.7 Å². The molecule has 8 aliphatic rings. The Bertz CT molecular complexity index is 2130. The Hall–Kier alpha value is -2.52. The van der Waals surface area contributed by atoms with Gasteiger partial charge in [-0.2, -0.15) is 10.5 Å². The standard InChI is InChI=1S/C31H49NO2.C29H48O3.C6H12NO3P/c1-7-23-27-19-20(2)14-16-31(27,6)26-15-17-30(5)24(21(3)11-9-8-10-18-32)12-13-25(30)28(26)29(23)34-22(4)33;1-7-21-25-17-18(2)12-14-29(25,6)24-13-15-28(5)22(19(3)9-8-16-30)10-11-23(28)26(24)27(21)32-20(4)31;1-3-9-11(8,6-5-7)10-4-2/h8,10,20-21,23-29H,7,9,11-17,19H2,1-6H3;16,18-19,21-27H,7-15,17H2,1-6H3;3-4,6H2,1-2H3/b10-8+;;/t20-,21-,23-,24-,25+,26+,27+,28+,29-,30-,31-;18-,19-,21-,22-,23+,24+,25+,26+,27-,28-,29-;/m11./s1. The third-order valence-corrected chi connectivity index (χ3v) is 25.9. The first-order chi connectivity index (χ1) is 36.5. The summed E-state index contributed by atoms with van der Waals surface area (Å²) in [6, 6.07) is 3.90. The molecule has 0 aliphatic heterocycles. The van der Waals surface area contributed by atoms with Crippen LogP contribution in [0.25, 0.3) is 0 Å². The number of carbonyl (C=O) groups is 3. The van der Waals surface area contributed by atoms with Gasteiger partial charge in [-0.25, -0.2) is 0 Å². The predicted octanol–water partition coefficient (Wildman–Crippen LogP) is 16.8. The Kier molecular flexibility index (Phi) is 22.4. The molecule has 0 aromatic heterocycles. The Morgan fingerprint density at radius 2 is 1.01 bits per heavy atom. The molecule has 11 heteroatoms. The highest BCUT2D eigenvalue weighted by atomic mass is 31.2. The van der Waals surface area contributed by atoms with Gasteiger partial charge in [-0.1, -0.05) is 88.2 Å². The van der Waals surface area contributed by atoms with Gasteiger partial charge in [-0.3, -0.25) is 14.2 Å². The van der Waals surface area contributed by atoms with E-state index in [1.54, 1.807) is 39.8 Å². The van der Waals surface area contributed by atoms with Gasteiger partial charge in [0.25, 0.3) is 0 Å². The zero-order valence-electron chi connectivity index (χ0n) is 51.0. The SMILES string of the molecule is CCOP(=O)(CC#N)OCC.CC[C@H]1[C@@H](OC(C)=O)[C@@H]2[C@H](CC[C@]3(C)[C@@H]([C@H](C)CC/C=C/C#N)CC[C@@H]23)[C@@]2(C)CC[C@@H](C)C[C@@H]12.CC[C@H]1[C@@H](OC(C)=O)[C@@H]2[C@H](CC[C@]3(C)[C@@H]([C@H](C)CCC=O)CC[C@@H]23)[C@@]2(C)CC[C@@H](C)C[C@@H]12. The molecule has 436 valence electrons. The van der Waals surface area contributed by atoms with Crippen LogP contribution in [0, 0.1) is 139 Å². The lowest BCUT2D eigenvalue weighted by Gasteiger charge is -2.65. The maximum absolute atomic E-state index is 12.4. The number of fused-ring (bicyclic) bond motifs is 10. The highest BCUT2D eigenvalue weighted by molar-refractivity contribution is 7.54. The van der Waals surface area contributed by atoms with Crippen LogP contribution in [0.2, 0.25) is 0 Å². The van der Waals surface area contributed by atoms with Crippen LogP contribution >= 0.6 is 7.60 Å². The molecule has 0 aromatic rings. The highest BCUT2D eigenvalue weighted by Gasteiger charge is 2.68. The molecular formula is C66H109N2O8P. The Morgan fingerprint density at radius 3 is 1.38 bits per heavy atom. The number of carbonyl (C=O) groups excluding carboxylic acids is 3. The van der Waals surface area contributed by atoms with Crippen LogP contribution < -0.4 is 0 Å². The summed E-state index contributed by atoms with van der Waals surface area (Å²) in [7, 11) is -3.08. The van der Waals surface area contributed by atoms with E-state index in [0.717, 1.165) is 49.7 Å². The van der Waals surface area contributed by atoms with Crippen molar-refractivity contribution in [2.45, 2.75) is 238 Å². The molecule has 0 amide bonds. The van der Waals surface area contributed by atoms with Crippen molar-refractivity contribution in [1.82, 2.24) is 0 Å². The number of nitrogens with zero attached hydrogens (tertiary/aromatic N) is 2. The number of hydrogen-bond acceptors (Lipinski definition) is 10. The minimum absolute atomic E-state index is 0.0749. The van der Waals surface area contributed by atoms with Crippen LogP contribution in [0.5, 0.6) is 0 Å². The first kappa shape index (κ1) is 63.7. The molecule has 8 fully saturated rings. The van der Waals surface area contributed by atoms with E-state index in [1.165, 1.54) is 96.3 Å². The van der Waals surface area contributed by atoms with Crippen molar-refractivity contribution in [2.24, 2.45) is 116 Å². The van der Waals surface area contributed by atoms with Crippen molar-refractivity contribution in [3.8, 4) is 12.1 Å². The maximum atomic E-state index is 12.4. The smallest absolute Gasteiger partial charge is 0.344 e. The van der Waals surface area contributed by atoms with E-state index in [9.17, 15) is 18.9 Å². The number of esters is 2. The molecule has 8 aliphatic carbocycles.